The van der Waals surface area contributed by atoms with E-state index in [0.717, 1.165) is 23.6 Å². The molecule has 3 aromatic rings. The minimum Gasteiger partial charge on any atom is -0.368 e. The summed E-state index contributed by atoms with van der Waals surface area (Å²) >= 11 is 5.59. The molecule has 1 aromatic heterocycles. The van der Waals surface area contributed by atoms with Crippen molar-refractivity contribution >= 4 is 40.0 Å². The molecular weight excluding hydrogens is 392 g/mol. The number of thiocarbonyl (C=S) groups is 1. The van der Waals surface area contributed by atoms with Gasteiger partial charge in [0, 0.05) is 51.4 Å². The van der Waals surface area contributed by atoms with Crippen molar-refractivity contribution in [2.75, 3.05) is 36.4 Å². The van der Waals surface area contributed by atoms with Gasteiger partial charge in [0.1, 0.15) is 0 Å². The molecule has 1 aliphatic heterocycles. The molecule has 5 nitrogen and oxygen atoms in total. The van der Waals surface area contributed by atoms with Crippen molar-refractivity contribution in [3.63, 3.8) is 0 Å². The van der Waals surface area contributed by atoms with Crippen LogP contribution in [0.1, 0.15) is 12.5 Å². The Labute approximate surface area is 173 Å². The van der Waals surface area contributed by atoms with Gasteiger partial charge in [-0.15, -0.1) is 0 Å². The van der Waals surface area contributed by atoms with Gasteiger partial charge in [-0.05, 0) is 36.5 Å². The van der Waals surface area contributed by atoms with Gasteiger partial charge < -0.3 is 19.7 Å². The Balaban J connectivity index is 1.40. The average molecular weight is 416 g/mol. The van der Waals surface area contributed by atoms with Crippen molar-refractivity contribution in [2.24, 2.45) is 7.05 Å². The second kappa shape index (κ2) is 7.59. The van der Waals surface area contributed by atoms with Gasteiger partial charge in [-0.3, -0.25) is 0 Å². The molecule has 1 fully saturated rings. The number of aryl methyl sites for hydroxylation is 1. The number of para-hydroxylation sites is 2. The largest absolute Gasteiger partial charge is 0.368 e. The molecule has 2 heterocycles. The van der Waals surface area contributed by atoms with Crippen LogP contribution in [0.2, 0.25) is 0 Å². The molecular formula is C21H23F2N5S. The third-order valence-corrected chi connectivity index (χ3v) is 5.65. The zero-order valence-electron chi connectivity index (χ0n) is 16.4. The zero-order valence-corrected chi connectivity index (χ0v) is 17.2. The van der Waals surface area contributed by atoms with Crippen LogP contribution >= 0.6 is 12.2 Å². The Bertz CT molecular complexity index is 1030. The predicted molar refractivity (Wildman–Crippen MR) is 117 cm³/mol. The van der Waals surface area contributed by atoms with Crippen LogP contribution in [-0.2, 0) is 13.0 Å². The van der Waals surface area contributed by atoms with Crippen molar-refractivity contribution in [1.82, 2.24) is 14.5 Å². The topological polar surface area (TPSA) is 36.3 Å². The molecule has 0 unspecified atom stereocenters. The van der Waals surface area contributed by atoms with E-state index in [4.69, 9.17) is 12.2 Å². The second-order valence-electron chi connectivity index (χ2n) is 7.33. The fraction of sp³-hybridized carbons (Fsp3) is 0.333. The van der Waals surface area contributed by atoms with Gasteiger partial charge in [0.25, 0.3) is 5.92 Å². The number of rotatable bonds is 3. The summed E-state index contributed by atoms with van der Waals surface area (Å²) in [6.07, 6.45) is 0. The van der Waals surface area contributed by atoms with Crippen LogP contribution < -0.4 is 10.2 Å². The summed E-state index contributed by atoms with van der Waals surface area (Å²) in [7, 11) is 1.95. The Hall–Kier alpha value is -2.74. The highest BCUT2D eigenvalue weighted by Gasteiger charge is 2.26. The molecule has 4 rings (SSSR count). The second-order valence-corrected chi connectivity index (χ2v) is 7.71. The molecule has 1 aliphatic rings. The molecule has 1 saturated heterocycles. The summed E-state index contributed by atoms with van der Waals surface area (Å²) in [4.78, 5) is 8.80. The first-order chi connectivity index (χ1) is 13.8. The van der Waals surface area contributed by atoms with Crippen LogP contribution in [0.15, 0.2) is 48.5 Å². The number of hydrogen-bond donors (Lipinski definition) is 1. The number of nitrogens with one attached hydrogen (secondary N) is 1. The molecule has 152 valence electrons. The fourth-order valence-electron chi connectivity index (χ4n) is 3.58. The zero-order chi connectivity index (χ0) is 20.6. The molecule has 0 atom stereocenters. The van der Waals surface area contributed by atoms with E-state index < -0.39 is 5.92 Å². The Kier molecular flexibility index (Phi) is 5.12. The quantitative estimate of drug-likeness (QED) is 0.649. The Morgan fingerprint density at radius 1 is 1.07 bits per heavy atom. The van der Waals surface area contributed by atoms with E-state index in [1.807, 2.05) is 41.9 Å². The third-order valence-electron chi connectivity index (χ3n) is 5.29. The normalized spacial score (nSPS) is 15.0. The van der Waals surface area contributed by atoms with Gasteiger partial charge in [-0.25, -0.2) is 13.8 Å². The van der Waals surface area contributed by atoms with E-state index in [1.54, 1.807) is 12.1 Å². The number of aromatic nitrogens is 2. The van der Waals surface area contributed by atoms with Gasteiger partial charge in [0.15, 0.2) is 5.11 Å². The smallest absolute Gasteiger partial charge is 0.270 e. The lowest BCUT2D eigenvalue weighted by atomic mass is 10.1. The lowest BCUT2D eigenvalue weighted by Crippen LogP contribution is -2.50. The maximum atomic E-state index is 13.6. The minimum absolute atomic E-state index is 0.0384. The molecule has 29 heavy (non-hydrogen) atoms. The number of anilines is 2. The van der Waals surface area contributed by atoms with Crippen molar-refractivity contribution in [3.05, 3.63) is 54.1 Å². The molecule has 2 aromatic carbocycles. The summed E-state index contributed by atoms with van der Waals surface area (Å²) in [6, 6.07) is 14.5. The van der Waals surface area contributed by atoms with E-state index in [2.05, 4.69) is 20.1 Å². The van der Waals surface area contributed by atoms with Crippen LogP contribution in [0.3, 0.4) is 0 Å². The average Bonchev–Trinajstić information content (AvgIpc) is 3.03. The predicted octanol–water partition coefficient (Wildman–Crippen LogP) is 4.20. The third kappa shape index (κ3) is 4.03. The van der Waals surface area contributed by atoms with Crippen molar-refractivity contribution in [2.45, 2.75) is 12.8 Å². The van der Waals surface area contributed by atoms with Crippen molar-refractivity contribution in [3.8, 4) is 0 Å². The number of halogens is 2. The maximum absolute atomic E-state index is 13.6. The van der Waals surface area contributed by atoms with Gasteiger partial charge in [0.05, 0.1) is 11.0 Å². The molecule has 0 bridgehead atoms. The summed E-state index contributed by atoms with van der Waals surface area (Å²) in [5.41, 5.74) is 2.81. The molecule has 0 amide bonds. The number of alkyl halides is 2. The van der Waals surface area contributed by atoms with Crippen molar-refractivity contribution < 1.29 is 8.78 Å². The first-order valence-corrected chi connectivity index (χ1v) is 9.94. The van der Waals surface area contributed by atoms with Crippen LogP contribution in [0.4, 0.5) is 20.4 Å². The van der Waals surface area contributed by atoms with E-state index >= 15 is 0 Å². The monoisotopic (exact) mass is 415 g/mol. The van der Waals surface area contributed by atoms with Gasteiger partial charge in [0.2, 0.25) is 5.95 Å². The van der Waals surface area contributed by atoms with E-state index in [0.29, 0.717) is 37.2 Å². The van der Waals surface area contributed by atoms with Crippen molar-refractivity contribution in [1.29, 1.82) is 0 Å². The summed E-state index contributed by atoms with van der Waals surface area (Å²) < 4.78 is 29.2. The molecule has 0 aliphatic carbocycles. The van der Waals surface area contributed by atoms with E-state index in [-0.39, 0.29) is 5.56 Å². The molecule has 0 spiro atoms. The maximum Gasteiger partial charge on any atom is 0.270 e. The molecule has 8 heteroatoms. The lowest BCUT2D eigenvalue weighted by Gasteiger charge is -2.37. The highest BCUT2D eigenvalue weighted by molar-refractivity contribution is 7.80. The van der Waals surface area contributed by atoms with Crippen LogP contribution in [0.5, 0.6) is 0 Å². The fourth-order valence-corrected chi connectivity index (χ4v) is 3.85. The number of imidazole rings is 1. The van der Waals surface area contributed by atoms with Gasteiger partial charge in [-0.1, -0.05) is 24.3 Å². The molecule has 1 N–H and O–H groups in total. The van der Waals surface area contributed by atoms with Crippen LogP contribution in [0.25, 0.3) is 11.0 Å². The number of nitrogens with zero attached hydrogens (tertiary/aromatic N) is 4. The highest BCUT2D eigenvalue weighted by Crippen LogP contribution is 2.30. The number of hydrogen-bond acceptors (Lipinski definition) is 3. The summed E-state index contributed by atoms with van der Waals surface area (Å²) in [5.74, 6) is -2.13. The highest BCUT2D eigenvalue weighted by atomic mass is 32.1. The Morgan fingerprint density at radius 2 is 1.79 bits per heavy atom. The van der Waals surface area contributed by atoms with Gasteiger partial charge in [-0.2, -0.15) is 0 Å². The standard InChI is InChI=1S/C21H23F2N5S/c1-21(22,23)15-6-5-7-16(14-15)27-10-12-28(13-11-27)20(29)25-19-24-17-8-3-4-9-18(17)26(19)2/h3-9,14H,10-13H2,1-2H3,(H,24,25,29). The minimum atomic E-state index is -2.84. The first-order valence-electron chi connectivity index (χ1n) is 9.53. The van der Waals surface area contributed by atoms with Crippen LogP contribution in [0, 0.1) is 0 Å². The van der Waals surface area contributed by atoms with E-state index in [9.17, 15) is 8.78 Å². The SMILES string of the molecule is Cn1c(NC(=S)N2CCN(c3cccc(C(C)(F)F)c3)CC2)nc2ccccc21. The molecule has 0 radical (unpaired) electrons. The van der Waals surface area contributed by atoms with Gasteiger partial charge >= 0.3 is 0 Å². The van der Waals surface area contributed by atoms with E-state index in [1.165, 1.54) is 6.07 Å². The number of benzene rings is 2. The lowest BCUT2D eigenvalue weighted by molar-refractivity contribution is 0.0175. The molecule has 0 saturated carbocycles. The number of piperazine rings is 1. The first kappa shape index (κ1) is 19.6. The number of fused-ring (bicyclic) bond motifs is 1. The van der Waals surface area contributed by atoms with Crippen LogP contribution in [-0.4, -0.2) is 45.7 Å². The Morgan fingerprint density at radius 3 is 2.48 bits per heavy atom. The summed E-state index contributed by atoms with van der Waals surface area (Å²) in [6.45, 7) is 3.77. The summed E-state index contributed by atoms with van der Waals surface area (Å²) in [5, 5.41) is 3.87.